The first-order valence-electron chi connectivity index (χ1n) is 7.85. The molecule has 1 aliphatic rings. The highest BCUT2D eigenvalue weighted by Crippen LogP contribution is 2.45. The van der Waals surface area contributed by atoms with Crippen molar-refractivity contribution >= 4 is 40.9 Å². The first-order chi connectivity index (χ1) is 12.3. The Balaban J connectivity index is 1.95. The van der Waals surface area contributed by atoms with E-state index in [9.17, 15) is 10.1 Å². The highest BCUT2D eigenvalue weighted by molar-refractivity contribution is 7.99. The van der Waals surface area contributed by atoms with E-state index in [0.29, 0.717) is 26.4 Å². The van der Waals surface area contributed by atoms with Gasteiger partial charge in [0.1, 0.15) is 22.4 Å². The minimum absolute atomic E-state index is 0.219. The van der Waals surface area contributed by atoms with E-state index >= 15 is 0 Å². The summed E-state index contributed by atoms with van der Waals surface area (Å²) in [5, 5.41) is 24.3. The van der Waals surface area contributed by atoms with Crippen LogP contribution < -0.4 is 4.74 Å². The maximum Gasteiger partial charge on any atom is 0.344 e. The number of benzene rings is 1. The molecule has 0 aliphatic heterocycles. The zero-order chi connectivity index (χ0) is 19.0. The van der Waals surface area contributed by atoms with Crippen molar-refractivity contribution < 1.29 is 14.6 Å². The number of nitrogens with zero attached hydrogens (tertiary/aromatic N) is 3. The van der Waals surface area contributed by atoms with Crippen molar-refractivity contribution in [2.75, 3.05) is 0 Å². The molecule has 1 aromatic carbocycles. The molecule has 26 heavy (non-hydrogen) atoms. The number of aliphatic carboxylic acids is 1. The summed E-state index contributed by atoms with van der Waals surface area (Å²) in [5.74, 6) is -0.532. The van der Waals surface area contributed by atoms with Gasteiger partial charge >= 0.3 is 5.97 Å². The lowest BCUT2D eigenvalue weighted by Crippen LogP contribution is -2.23. The van der Waals surface area contributed by atoms with Gasteiger partial charge in [0.2, 0.25) is 0 Å². The van der Waals surface area contributed by atoms with Gasteiger partial charge in [0.25, 0.3) is 0 Å². The van der Waals surface area contributed by atoms with Crippen molar-refractivity contribution in [3.63, 3.8) is 0 Å². The van der Waals surface area contributed by atoms with Crippen LogP contribution in [0.3, 0.4) is 0 Å². The van der Waals surface area contributed by atoms with E-state index in [0.717, 1.165) is 18.5 Å². The number of carboxylic acids is 1. The summed E-state index contributed by atoms with van der Waals surface area (Å²) in [4.78, 5) is 11.6. The maximum atomic E-state index is 11.0. The van der Waals surface area contributed by atoms with Crippen molar-refractivity contribution in [3.05, 3.63) is 33.4 Å². The predicted octanol–water partition coefficient (Wildman–Crippen LogP) is 4.48. The Bertz CT molecular complexity index is 919. The largest absolute Gasteiger partial charge is 0.479 e. The number of nitriles is 1. The molecule has 0 saturated heterocycles. The SMILES string of the molecule is C[C@H](Oc1cc(Sc2c(C#N)c(C3CC3)nn2C)c(Cl)cc1Cl)C(=O)O. The monoisotopic (exact) mass is 411 g/mol. The minimum Gasteiger partial charge on any atom is -0.479 e. The van der Waals surface area contributed by atoms with Crippen molar-refractivity contribution in [1.29, 1.82) is 5.26 Å². The van der Waals surface area contributed by atoms with Crippen molar-refractivity contribution in [1.82, 2.24) is 9.78 Å². The van der Waals surface area contributed by atoms with Crippen LogP contribution in [0.1, 0.15) is 36.9 Å². The predicted molar refractivity (Wildman–Crippen MR) is 98.2 cm³/mol. The van der Waals surface area contributed by atoms with Crippen LogP contribution in [0, 0.1) is 11.3 Å². The number of hydrogen-bond acceptors (Lipinski definition) is 5. The van der Waals surface area contributed by atoms with Crippen LogP contribution in [0.2, 0.25) is 10.0 Å². The summed E-state index contributed by atoms with van der Waals surface area (Å²) in [6, 6.07) is 5.32. The van der Waals surface area contributed by atoms with Gasteiger partial charge in [-0.3, -0.25) is 4.68 Å². The van der Waals surface area contributed by atoms with E-state index < -0.39 is 12.1 Å². The second-order valence-electron chi connectivity index (χ2n) is 5.99. The van der Waals surface area contributed by atoms with E-state index in [4.69, 9.17) is 33.0 Å². The number of ether oxygens (including phenoxy) is 1. The Morgan fingerprint density at radius 1 is 1.46 bits per heavy atom. The van der Waals surface area contributed by atoms with Crippen molar-refractivity contribution in [2.24, 2.45) is 7.05 Å². The molecule has 1 N–H and O–H groups in total. The highest BCUT2D eigenvalue weighted by Gasteiger charge is 2.32. The van der Waals surface area contributed by atoms with Gasteiger partial charge in [0, 0.05) is 17.9 Å². The summed E-state index contributed by atoms with van der Waals surface area (Å²) in [5.41, 5.74) is 1.37. The van der Waals surface area contributed by atoms with Gasteiger partial charge in [-0.15, -0.1) is 0 Å². The third kappa shape index (κ3) is 3.78. The van der Waals surface area contributed by atoms with Crippen LogP contribution in [0.5, 0.6) is 5.75 Å². The molecule has 0 bridgehead atoms. The quantitative estimate of drug-likeness (QED) is 0.753. The minimum atomic E-state index is -1.10. The first-order valence-corrected chi connectivity index (χ1v) is 9.42. The normalized spacial score (nSPS) is 14.7. The first kappa shape index (κ1) is 18.9. The number of halogens is 2. The average molecular weight is 412 g/mol. The van der Waals surface area contributed by atoms with E-state index in [-0.39, 0.29) is 10.8 Å². The number of hydrogen-bond donors (Lipinski definition) is 1. The summed E-state index contributed by atoms with van der Waals surface area (Å²) < 4.78 is 7.06. The molecular formula is C17H15Cl2N3O3S. The molecule has 3 rings (SSSR count). The van der Waals surface area contributed by atoms with Crippen LogP contribution in [-0.2, 0) is 11.8 Å². The van der Waals surface area contributed by atoms with Gasteiger partial charge in [-0.05, 0) is 31.9 Å². The number of aromatic nitrogens is 2. The van der Waals surface area contributed by atoms with Crippen LogP contribution in [-0.4, -0.2) is 27.0 Å². The Labute approximate surface area is 164 Å². The Morgan fingerprint density at radius 2 is 2.15 bits per heavy atom. The van der Waals surface area contributed by atoms with Crippen molar-refractivity contribution in [3.8, 4) is 11.8 Å². The second-order valence-corrected chi connectivity index (χ2v) is 7.83. The molecule has 0 radical (unpaired) electrons. The molecule has 136 valence electrons. The third-order valence-electron chi connectivity index (χ3n) is 3.94. The lowest BCUT2D eigenvalue weighted by Gasteiger charge is -2.14. The van der Waals surface area contributed by atoms with Crippen LogP contribution in [0.4, 0.5) is 0 Å². The number of carboxylic acid groups (broad SMARTS) is 1. The Kier molecular flexibility index (Phi) is 5.37. The van der Waals surface area contributed by atoms with Crippen LogP contribution in [0.25, 0.3) is 0 Å². The fourth-order valence-corrected chi connectivity index (χ4v) is 3.92. The van der Waals surface area contributed by atoms with Gasteiger partial charge < -0.3 is 9.84 Å². The highest BCUT2D eigenvalue weighted by atomic mass is 35.5. The molecule has 6 nitrogen and oxygen atoms in total. The Morgan fingerprint density at radius 3 is 2.73 bits per heavy atom. The fourth-order valence-electron chi connectivity index (χ4n) is 2.42. The summed E-state index contributed by atoms with van der Waals surface area (Å²) in [6.07, 6.45) is 1.03. The van der Waals surface area contributed by atoms with Gasteiger partial charge in [-0.1, -0.05) is 35.0 Å². The lowest BCUT2D eigenvalue weighted by molar-refractivity contribution is -0.144. The molecule has 1 saturated carbocycles. The molecule has 0 spiro atoms. The van der Waals surface area contributed by atoms with Crippen molar-refractivity contribution in [2.45, 2.75) is 41.7 Å². The molecule has 0 unspecified atom stereocenters. The number of carbonyl (C=O) groups is 1. The molecule has 1 fully saturated rings. The van der Waals surface area contributed by atoms with Gasteiger partial charge in [-0.2, -0.15) is 10.4 Å². The molecule has 1 atom stereocenters. The zero-order valence-corrected chi connectivity index (χ0v) is 16.3. The molecule has 1 heterocycles. The van der Waals surface area contributed by atoms with E-state index in [1.807, 2.05) is 0 Å². The van der Waals surface area contributed by atoms with Gasteiger partial charge in [-0.25, -0.2) is 4.79 Å². The zero-order valence-electron chi connectivity index (χ0n) is 14.0. The van der Waals surface area contributed by atoms with E-state index in [1.54, 1.807) is 17.8 Å². The van der Waals surface area contributed by atoms with Gasteiger partial charge in [0.15, 0.2) is 6.10 Å². The Hall–Kier alpha value is -1.88. The third-order valence-corrected chi connectivity index (χ3v) is 5.88. The second kappa shape index (κ2) is 7.39. The average Bonchev–Trinajstić information content (AvgIpc) is 3.37. The van der Waals surface area contributed by atoms with Crippen LogP contribution in [0.15, 0.2) is 22.1 Å². The van der Waals surface area contributed by atoms with E-state index in [2.05, 4.69) is 11.2 Å². The topological polar surface area (TPSA) is 88.1 Å². The summed E-state index contributed by atoms with van der Waals surface area (Å²) in [7, 11) is 1.78. The molecular weight excluding hydrogens is 397 g/mol. The fraction of sp³-hybridized carbons (Fsp3) is 0.353. The molecule has 9 heteroatoms. The van der Waals surface area contributed by atoms with E-state index in [1.165, 1.54) is 24.8 Å². The summed E-state index contributed by atoms with van der Waals surface area (Å²) in [6.45, 7) is 1.41. The number of aryl methyl sites for hydroxylation is 1. The summed E-state index contributed by atoms with van der Waals surface area (Å²) >= 11 is 13.7. The standard InChI is InChI=1S/C17H15Cl2N3O3S/c1-8(17(23)24)25-13-6-14(12(19)5-11(13)18)26-16-10(7-20)15(9-3-4-9)21-22(16)2/h5-6,8-9H,3-4H2,1-2H3,(H,23,24)/t8-/m0/s1. The maximum absolute atomic E-state index is 11.0. The molecule has 1 aliphatic carbocycles. The molecule has 2 aromatic rings. The smallest absolute Gasteiger partial charge is 0.344 e. The molecule has 0 amide bonds. The van der Waals surface area contributed by atoms with Crippen LogP contribution >= 0.6 is 35.0 Å². The number of rotatable bonds is 6. The van der Waals surface area contributed by atoms with Gasteiger partial charge in [0.05, 0.1) is 15.7 Å². The molecule has 1 aromatic heterocycles. The lowest BCUT2D eigenvalue weighted by atomic mass is 10.2.